The van der Waals surface area contributed by atoms with Gasteiger partial charge in [-0.25, -0.2) is 9.78 Å². The van der Waals surface area contributed by atoms with Crippen LogP contribution in [0.5, 0.6) is 0 Å². The van der Waals surface area contributed by atoms with Crippen LogP contribution in [0, 0.1) is 6.92 Å². The number of hydrogen-bond donors (Lipinski definition) is 0. The molecule has 0 saturated carbocycles. The van der Waals surface area contributed by atoms with Gasteiger partial charge in [-0.1, -0.05) is 11.3 Å². The summed E-state index contributed by atoms with van der Waals surface area (Å²) in [7, 11) is 4.70. The quantitative estimate of drug-likeness (QED) is 0.682. The average molecular weight is 302 g/mol. The first-order chi connectivity index (χ1) is 9.54. The number of carbonyl (C=O) groups is 1. The summed E-state index contributed by atoms with van der Waals surface area (Å²) < 4.78 is 15.1. The van der Waals surface area contributed by atoms with Crippen molar-refractivity contribution in [2.75, 3.05) is 46.0 Å². The second kappa shape index (κ2) is 8.18. The predicted molar refractivity (Wildman–Crippen MR) is 78.8 cm³/mol. The van der Waals surface area contributed by atoms with E-state index in [1.54, 1.807) is 14.2 Å². The number of nitrogens with zero attached hydrogens (tertiary/aromatic N) is 2. The summed E-state index contributed by atoms with van der Waals surface area (Å²) in [6, 6.07) is 0.145. The Kier molecular flexibility index (Phi) is 6.90. The minimum Gasteiger partial charge on any atom is -0.465 e. The van der Waals surface area contributed by atoms with Crippen molar-refractivity contribution in [3.05, 3.63) is 10.6 Å². The van der Waals surface area contributed by atoms with E-state index >= 15 is 0 Å². The Morgan fingerprint density at radius 2 is 2.05 bits per heavy atom. The van der Waals surface area contributed by atoms with Crippen molar-refractivity contribution in [1.29, 1.82) is 0 Å². The summed E-state index contributed by atoms with van der Waals surface area (Å²) in [5.74, 6) is -0.350. The van der Waals surface area contributed by atoms with Gasteiger partial charge in [-0.15, -0.1) is 0 Å². The zero-order chi connectivity index (χ0) is 15.1. The molecule has 0 aliphatic carbocycles. The molecule has 1 heterocycles. The average Bonchev–Trinajstić information content (AvgIpc) is 2.80. The Balaban J connectivity index is 2.98. The van der Waals surface area contributed by atoms with E-state index in [9.17, 15) is 4.79 Å². The van der Waals surface area contributed by atoms with Gasteiger partial charge in [-0.2, -0.15) is 0 Å². The molecule has 0 N–H and O–H groups in total. The fraction of sp³-hybridized carbons (Fsp3) is 0.692. The Morgan fingerprint density at radius 3 is 2.60 bits per heavy atom. The number of anilines is 1. The number of aromatic nitrogens is 1. The van der Waals surface area contributed by atoms with Crippen LogP contribution in [0.2, 0.25) is 0 Å². The third kappa shape index (κ3) is 4.16. The van der Waals surface area contributed by atoms with Crippen molar-refractivity contribution in [2.24, 2.45) is 0 Å². The van der Waals surface area contributed by atoms with Crippen molar-refractivity contribution in [1.82, 2.24) is 4.98 Å². The van der Waals surface area contributed by atoms with E-state index in [2.05, 4.69) is 9.88 Å². The van der Waals surface area contributed by atoms with Crippen molar-refractivity contribution >= 4 is 22.4 Å². The molecule has 7 heteroatoms. The number of carbonyl (C=O) groups excluding carboxylic acids is 1. The molecule has 114 valence electrons. The van der Waals surface area contributed by atoms with Gasteiger partial charge in [-0.05, 0) is 13.8 Å². The summed E-state index contributed by atoms with van der Waals surface area (Å²) in [6.07, 6.45) is 0. The van der Waals surface area contributed by atoms with E-state index in [1.165, 1.54) is 18.4 Å². The molecular weight excluding hydrogens is 280 g/mol. The molecule has 1 aromatic rings. The van der Waals surface area contributed by atoms with Gasteiger partial charge < -0.3 is 19.1 Å². The number of aryl methyl sites for hydroxylation is 1. The lowest BCUT2D eigenvalue weighted by atomic mass is 10.3. The molecule has 1 rings (SSSR count). The monoisotopic (exact) mass is 302 g/mol. The number of hydrogen-bond acceptors (Lipinski definition) is 7. The van der Waals surface area contributed by atoms with Gasteiger partial charge in [0.1, 0.15) is 4.88 Å². The van der Waals surface area contributed by atoms with Crippen LogP contribution < -0.4 is 4.90 Å². The molecule has 0 amide bonds. The van der Waals surface area contributed by atoms with Crippen molar-refractivity contribution in [3.63, 3.8) is 0 Å². The van der Waals surface area contributed by atoms with Crippen LogP contribution in [0.25, 0.3) is 0 Å². The molecule has 20 heavy (non-hydrogen) atoms. The lowest BCUT2D eigenvalue weighted by Crippen LogP contribution is -2.38. The lowest BCUT2D eigenvalue weighted by molar-refractivity contribution is 0.0605. The summed E-state index contributed by atoms with van der Waals surface area (Å²) in [5, 5.41) is 0.782. The van der Waals surface area contributed by atoms with Gasteiger partial charge in [0.2, 0.25) is 0 Å². The van der Waals surface area contributed by atoms with Crippen LogP contribution >= 0.6 is 11.3 Å². The van der Waals surface area contributed by atoms with Crippen LogP contribution in [0.4, 0.5) is 5.13 Å². The highest BCUT2D eigenvalue weighted by Gasteiger charge is 2.22. The van der Waals surface area contributed by atoms with E-state index < -0.39 is 0 Å². The van der Waals surface area contributed by atoms with E-state index in [0.717, 1.165) is 5.13 Å². The summed E-state index contributed by atoms with van der Waals surface area (Å²) in [4.78, 5) is 18.7. The topological polar surface area (TPSA) is 60.9 Å². The van der Waals surface area contributed by atoms with E-state index in [1.807, 2.05) is 13.8 Å². The Morgan fingerprint density at radius 1 is 1.35 bits per heavy atom. The van der Waals surface area contributed by atoms with Crippen molar-refractivity contribution < 1.29 is 19.0 Å². The summed E-state index contributed by atoms with van der Waals surface area (Å²) >= 11 is 1.33. The smallest absolute Gasteiger partial charge is 0.350 e. The first-order valence-electron chi connectivity index (χ1n) is 6.35. The second-order valence-electron chi connectivity index (χ2n) is 4.39. The first-order valence-corrected chi connectivity index (χ1v) is 7.17. The molecular formula is C13H22N2O4S. The fourth-order valence-electron chi connectivity index (χ4n) is 1.81. The van der Waals surface area contributed by atoms with Gasteiger partial charge in [-0.3, -0.25) is 0 Å². The molecule has 0 aliphatic rings. The summed E-state index contributed by atoms with van der Waals surface area (Å²) in [6.45, 7) is 5.71. The molecule has 0 spiro atoms. The maximum atomic E-state index is 11.7. The van der Waals surface area contributed by atoms with Crippen LogP contribution in [0.15, 0.2) is 0 Å². The van der Waals surface area contributed by atoms with Crippen molar-refractivity contribution in [3.8, 4) is 0 Å². The molecule has 6 nitrogen and oxygen atoms in total. The number of ether oxygens (including phenoxy) is 3. The largest absolute Gasteiger partial charge is 0.465 e. The van der Waals surface area contributed by atoms with Gasteiger partial charge in [0.05, 0.1) is 32.1 Å². The van der Waals surface area contributed by atoms with E-state index in [0.29, 0.717) is 30.3 Å². The maximum Gasteiger partial charge on any atom is 0.350 e. The Labute approximate surface area is 123 Å². The molecule has 0 radical (unpaired) electrons. The molecule has 1 unspecified atom stereocenters. The predicted octanol–water partition coefficient (Wildman–Crippen LogP) is 1.73. The van der Waals surface area contributed by atoms with Crippen LogP contribution in [-0.4, -0.2) is 58.1 Å². The molecule has 0 aliphatic heterocycles. The second-order valence-corrected chi connectivity index (χ2v) is 5.37. The van der Waals surface area contributed by atoms with Crippen molar-refractivity contribution in [2.45, 2.75) is 19.9 Å². The highest BCUT2D eigenvalue weighted by atomic mass is 32.1. The zero-order valence-corrected chi connectivity index (χ0v) is 13.5. The minimum atomic E-state index is -0.350. The van der Waals surface area contributed by atoms with Crippen LogP contribution in [0.3, 0.4) is 0 Å². The Bertz CT molecular complexity index is 436. The third-order valence-corrected chi connectivity index (χ3v) is 4.05. The fourth-order valence-corrected chi connectivity index (χ4v) is 2.93. The number of thiazole rings is 1. The molecule has 1 atom stereocenters. The zero-order valence-electron chi connectivity index (χ0n) is 12.6. The minimum absolute atomic E-state index is 0.145. The molecule has 0 bridgehead atoms. The van der Waals surface area contributed by atoms with Gasteiger partial charge in [0.15, 0.2) is 5.13 Å². The SMILES string of the molecule is COCCN(c1nc(C)c(C(=O)OC)s1)C(C)COC. The lowest BCUT2D eigenvalue weighted by Gasteiger charge is -2.28. The molecule has 0 aromatic carbocycles. The van der Waals surface area contributed by atoms with Gasteiger partial charge in [0.25, 0.3) is 0 Å². The van der Waals surface area contributed by atoms with E-state index in [-0.39, 0.29) is 12.0 Å². The summed E-state index contributed by atoms with van der Waals surface area (Å²) in [5.41, 5.74) is 0.684. The van der Waals surface area contributed by atoms with Gasteiger partial charge in [0, 0.05) is 20.8 Å². The van der Waals surface area contributed by atoms with Crippen LogP contribution in [-0.2, 0) is 14.2 Å². The number of methoxy groups -OCH3 is 3. The highest BCUT2D eigenvalue weighted by Crippen LogP contribution is 2.28. The van der Waals surface area contributed by atoms with Gasteiger partial charge >= 0.3 is 5.97 Å². The van der Waals surface area contributed by atoms with Crippen LogP contribution in [0.1, 0.15) is 22.3 Å². The normalized spacial score (nSPS) is 12.2. The standard InChI is InChI=1S/C13H22N2O4S/c1-9(8-18-4)15(6-7-17-3)13-14-10(2)11(20-13)12(16)19-5/h9H,6-8H2,1-5H3. The van der Waals surface area contributed by atoms with E-state index in [4.69, 9.17) is 14.2 Å². The third-order valence-electron chi connectivity index (χ3n) is 2.88. The number of esters is 1. The number of rotatable bonds is 8. The molecule has 1 aromatic heterocycles. The highest BCUT2D eigenvalue weighted by molar-refractivity contribution is 7.17. The Hall–Kier alpha value is -1.18. The first kappa shape index (κ1) is 16.9. The molecule has 0 fully saturated rings. The molecule has 0 saturated heterocycles. The maximum absolute atomic E-state index is 11.7.